The summed E-state index contributed by atoms with van der Waals surface area (Å²) in [6.07, 6.45) is -3.94. The number of methoxy groups -OCH3 is 1. The Bertz CT molecular complexity index is 665. The van der Waals surface area contributed by atoms with Crippen LogP contribution in [0.4, 0.5) is 0 Å². The number of rotatable bonds is 8. The van der Waals surface area contributed by atoms with Crippen molar-refractivity contribution in [2.45, 2.75) is 43.9 Å². The van der Waals surface area contributed by atoms with Crippen LogP contribution in [0.15, 0.2) is 60.7 Å². The van der Waals surface area contributed by atoms with E-state index in [1.165, 1.54) is 7.11 Å². The SMILES string of the molecule is COC1OC(CO)C(O)C(OCc2ccccc2)C1OCc1ccccc1. The van der Waals surface area contributed by atoms with E-state index in [9.17, 15) is 10.2 Å². The number of hydrogen-bond acceptors (Lipinski definition) is 6. The van der Waals surface area contributed by atoms with E-state index < -0.39 is 30.7 Å². The first kappa shape index (κ1) is 19.9. The lowest BCUT2D eigenvalue weighted by atomic mass is 9.98. The van der Waals surface area contributed by atoms with E-state index in [0.29, 0.717) is 13.2 Å². The molecular weight excluding hydrogens is 348 g/mol. The molecule has 0 saturated carbocycles. The standard InChI is InChI=1S/C21H26O6/c1-24-21-20(26-14-16-10-6-3-7-11-16)19(18(23)17(12-22)27-21)25-13-15-8-4-2-5-9-15/h2-11,17-23H,12-14H2,1H3. The molecule has 3 rings (SSSR count). The fraction of sp³-hybridized carbons (Fsp3) is 0.429. The van der Waals surface area contributed by atoms with Gasteiger partial charge in [0, 0.05) is 7.11 Å². The van der Waals surface area contributed by atoms with Crippen molar-refractivity contribution in [1.29, 1.82) is 0 Å². The Kier molecular flexibility index (Phi) is 7.34. The van der Waals surface area contributed by atoms with E-state index in [0.717, 1.165) is 11.1 Å². The molecule has 1 heterocycles. The van der Waals surface area contributed by atoms with Gasteiger partial charge >= 0.3 is 0 Å². The van der Waals surface area contributed by atoms with Gasteiger partial charge in [0.15, 0.2) is 6.29 Å². The van der Waals surface area contributed by atoms with Crippen molar-refractivity contribution in [3.63, 3.8) is 0 Å². The summed E-state index contributed by atoms with van der Waals surface area (Å²) in [4.78, 5) is 0. The number of ether oxygens (including phenoxy) is 4. The first-order valence-electron chi connectivity index (χ1n) is 9.01. The predicted molar refractivity (Wildman–Crippen MR) is 98.8 cm³/mol. The molecule has 0 bridgehead atoms. The molecule has 2 aromatic carbocycles. The van der Waals surface area contributed by atoms with Gasteiger partial charge < -0.3 is 29.2 Å². The van der Waals surface area contributed by atoms with Crippen LogP contribution in [0.1, 0.15) is 11.1 Å². The molecule has 146 valence electrons. The van der Waals surface area contributed by atoms with Crippen LogP contribution in [0.2, 0.25) is 0 Å². The maximum absolute atomic E-state index is 10.6. The van der Waals surface area contributed by atoms with Crippen LogP contribution in [-0.2, 0) is 32.2 Å². The minimum absolute atomic E-state index is 0.308. The van der Waals surface area contributed by atoms with Crippen LogP contribution in [0.25, 0.3) is 0 Å². The molecule has 1 aliphatic heterocycles. The molecule has 0 spiro atoms. The van der Waals surface area contributed by atoms with E-state index in [2.05, 4.69) is 0 Å². The zero-order valence-electron chi connectivity index (χ0n) is 15.3. The van der Waals surface area contributed by atoms with Gasteiger partial charge in [-0.15, -0.1) is 0 Å². The first-order valence-corrected chi connectivity index (χ1v) is 9.01. The second-order valence-electron chi connectivity index (χ2n) is 6.47. The van der Waals surface area contributed by atoms with Gasteiger partial charge in [0.2, 0.25) is 0 Å². The van der Waals surface area contributed by atoms with Crippen molar-refractivity contribution in [3.05, 3.63) is 71.8 Å². The lowest BCUT2D eigenvalue weighted by Gasteiger charge is -2.43. The minimum atomic E-state index is -1.04. The Morgan fingerprint density at radius 1 is 0.852 bits per heavy atom. The van der Waals surface area contributed by atoms with Crippen molar-refractivity contribution in [2.75, 3.05) is 13.7 Å². The summed E-state index contributed by atoms with van der Waals surface area (Å²) >= 11 is 0. The lowest BCUT2D eigenvalue weighted by molar-refractivity contribution is -0.314. The molecule has 6 nitrogen and oxygen atoms in total. The van der Waals surface area contributed by atoms with Crippen LogP contribution in [0, 0.1) is 0 Å². The zero-order chi connectivity index (χ0) is 19.1. The maximum atomic E-state index is 10.6. The molecule has 5 unspecified atom stereocenters. The Labute approximate surface area is 159 Å². The van der Waals surface area contributed by atoms with E-state index in [1.54, 1.807) is 0 Å². The highest BCUT2D eigenvalue weighted by molar-refractivity contribution is 5.14. The van der Waals surface area contributed by atoms with Gasteiger partial charge in [-0.3, -0.25) is 0 Å². The molecule has 1 fully saturated rings. The van der Waals surface area contributed by atoms with Crippen LogP contribution >= 0.6 is 0 Å². The van der Waals surface area contributed by atoms with Gasteiger partial charge in [-0.25, -0.2) is 0 Å². The fourth-order valence-electron chi connectivity index (χ4n) is 3.13. The smallest absolute Gasteiger partial charge is 0.186 e. The van der Waals surface area contributed by atoms with Crippen molar-refractivity contribution in [1.82, 2.24) is 0 Å². The van der Waals surface area contributed by atoms with Gasteiger partial charge in [0.05, 0.1) is 19.8 Å². The third kappa shape index (κ3) is 5.13. The molecular formula is C21H26O6. The molecule has 0 amide bonds. The highest BCUT2D eigenvalue weighted by Gasteiger charge is 2.46. The lowest BCUT2D eigenvalue weighted by Crippen LogP contribution is -2.60. The van der Waals surface area contributed by atoms with Crippen molar-refractivity contribution in [2.24, 2.45) is 0 Å². The summed E-state index contributed by atoms with van der Waals surface area (Å²) in [5.41, 5.74) is 1.97. The van der Waals surface area contributed by atoms with Crippen molar-refractivity contribution in [3.8, 4) is 0 Å². The van der Waals surface area contributed by atoms with Crippen LogP contribution < -0.4 is 0 Å². The van der Waals surface area contributed by atoms with E-state index >= 15 is 0 Å². The van der Waals surface area contributed by atoms with Crippen molar-refractivity contribution < 1.29 is 29.2 Å². The third-order valence-electron chi connectivity index (χ3n) is 4.60. The summed E-state index contributed by atoms with van der Waals surface area (Å²) in [7, 11) is 1.50. The molecule has 2 aromatic rings. The Balaban J connectivity index is 1.73. The maximum Gasteiger partial charge on any atom is 0.186 e. The molecule has 6 heteroatoms. The fourth-order valence-corrected chi connectivity index (χ4v) is 3.13. The van der Waals surface area contributed by atoms with E-state index in [-0.39, 0.29) is 6.61 Å². The largest absolute Gasteiger partial charge is 0.394 e. The van der Waals surface area contributed by atoms with Gasteiger partial charge in [0.1, 0.15) is 24.4 Å². The van der Waals surface area contributed by atoms with E-state index in [4.69, 9.17) is 18.9 Å². The molecule has 2 N–H and O–H groups in total. The van der Waals surface area contributed by atoms with E-state index in [1.807, 2.05) is 60.7 Å². The Hall–Kier alpha value is -1.80. The molecule has 1 saturated heterocycles. The van der Waals surface area contributed by atoms with Gasteiger partial charge in [-0.2, -0.15) is 0 Å². The average Bonchev–Trinajstić information content (AvgIpc) is 2.73. The van der Waals surface area contributed by atoms with Crippen LogP contribution in [0.3, 0.4) is 0 Å². The summed E-state index contributed by atoms with van der Waals surface area (Å²) in [5.74, 6) is 0. The molecule has 0 aliphatic carbocycles. The van der Waals surface area contributed by atoms with Crippen molar-refractivity contribution >= 4 is 0 Å². The summed E-state index contributed by atoms with van der Waals surface area (Å²) < 4.78 is 23.1. The normalized spacial score (nSPS) is 28.2. The van der Waals surface area contributed by atoms with Gasteiger partial charge in [-0.05, 0) is 11.1 Å². The number of aliphatic hydroxyl groups excluding tert-OH is 2. The molecule has 1 aliphatic rings. The van der Waals surface area contributed by atoms with Crippen LogP contribution in [0.5, 0.6) is 0 Å². The predicted octanol–water partition coefficient (Wildman–Crippen LogP) is 1.88. The summed E-state index contributed by atoms with van der Waals surface area (Å²) in [5, 5.41) is 20.2. The summed E-state index contributed by atoms with van der Waals surface area (Å²) in [6.45, 7) is 0.302. The topological polar surface area (TPSA) is 77.4 Å². The minimum Gasteiger partial charge on any atom is -0.394 e. The number of aliphatic hydroxyl groups is 2. The molecule has 0 radical (unpaired) electrons. The number of benzene rings is 2. The third-order valence-corrected chi connectivity index (χ3v) is 4.60. The molecule has 5 atom stereocenters. The molecule has 27 heavy (non-hydrogen) atoms. The highest BCUT2D eigenvalue weighted by atomic mass is 16.7. The average molecular weight is 374 g/mol. The second kappa shape index (κ2) is 9.94. The summed E-state index contributed by atoms with van der Waals surface area (Å²) in [6, 6.07) is 19.4. The first-order chi connectivity index (χ1) is 13.2. The van der Waals surface area contributed by atoms with Gasteiger partial charge in [0.25, 0.3) is 0 Å². The molecule has 0 aromatic heterocycles. The highest BCUT2D eigenvalue weighted by Crippen LogP contribution is 2.28. The van der Waals surface area contributed by atoms with Gasteiger partial charge in [-0.1, -0.05) is 60.7 Å². The quantitative estimate of drug-likeness (QED) is 0.735. The monoisotopic (exact) mass is 374 g/mol. The Morgan fingerprint density at radius 2 is 1.37 bits per heavy atom. The Morgan fingerprint density at radius 3 is 1.85 bits per heavy atom. The van der Waals surface area contributed by atoms with Crippen LogP contribution in [-0.4, -0.2) is 54.6 Å². The second-order valence-corrected chi connectivity index (χ2v) is 6.47. The zero-order valence-corrected chi connectivity index (χ0v) is 15.3. The number of hydrogen-bond donors (Lipinski definition) is 2.